The first-order valence-electron chi connectivity index (χ1n) is 6.36. The van der Waals surface area contributed by atoms with Crippen LogP contribution in [-0.4, -0.2) is 13.0 Å². The fourth-order valence-corrected chi connectivity index (χ4v) is 2.19. The molecule has 2 aromatic rings. The summed E-state index contributed by atoms with van der Waals surface area (Å²) in [6.07, 6.45) is 1.18. The zero-order valence-corrected chi connectivity index (χ0v) is 12.8. The van der Waals surface area contributed by atoms with Crippen LogP contribution in [0, 0.1) is 0 Å². The van der Waals surface area contributed by atoms with Gasteiger partial charge < -0.3 is 10.1 Å². The smallest absolute Gasteiger partial charge is 0.224 e. The fraction of sp³-hybridized carbons (Fsp3) is 0.188. The summed E-state index contributed by atoms with van der Waals surface area (Å²) in [5.74, 6) is 0.703. The molecular weight excluding hydrogens is 318 g/mol. The molecule has 0 bridgehead atoms. The van der Waals surface area contributed by atoms with Crippen LogP contribution in [0.2, 0.25) is 0 Å². The Labute approximate surface area is 127 Å². The van der Waals surface area contributed by atoms with Gasteiger partial charge in [-0.15, -0.1) is 0 Å². The molecule has 2 aromatic carbocycles. The molecule has 0 fully saturated rings. The minimum Gasteiger partial charge on any atom is -0.497 e. The van der Waals surface area contributed by atoms with E-state index in [1.807, 2.05) is 42.5 Å². The van der Waals surface area contributed by atoms with E-state index in [4.69, 9.17) is 4.74 Å². The topological polar surface area (TPSA) is 38.3 Å². The summed E-state index contributed by atoms with van der Waals surface area (Å²) in [7, 11) is 1.60. The van der Waals surface area contributed by atoms with E-state index in [9.17, 15) is 4.79 Å². The number of amides is 1. The first kappa shape index (κ1) is 14.6. The number of ether oxygens (including phenoxy) is 1. The van der Waals surface area contributed by atoms with Gasteiger partial charge in [-0.1, -0.05) is 30.3 Å². The largest absolute Gasteiger partial charge is 0.497 e. The molecule has 20 heavy (non-hydrogen) atoms. The van der Waals surface area contributed by atoms with Crippen LogP contribution < -0.4 is 10.1 Å². The first-order valence-corrected chi connectivity index (χ1v) is 7.15. The van der Waals surface area contributed by atoms with E-state index in [-0.39, 0.29) is 5.91 Å². The number of rotatable bonds is 5. The van der Waals surface area contributed by atoms with Gasteiger partial charge in [-0.25, -0.2) is 0 Å². The minimum absolute atomic E-state index is 0.0113. The Bertz CT molecular complexity index is 584. The van der Waals surface area contributed by atoms with Gasteiger partial charge in [-0.3, -0.25) is 4.79 Å². The Morgan fingerprint density at radius 2 is 1.95 bits per heavy atom. The molecule has 0 saturated heterocycles. The van der Waals surface area contributed by atoms with Crippen LogP contribution in [0.15, 0.2) is 53.0 Å². The van der Waals surface area contributed by atoms with Gasteiger partial charge in [0.2, 0.25) is 5.91 Å². The number of anilines is 1. The Balaban J connectivity index is 1.94. The quantitative estimate of drug-likeness (QED) is 0.897. The standard InChI is InChI=1S/C16H16BrNO2/c1-20-13-8-9-14(17)15(11-13)18-16(19)10-7-12-5-3-2-4-6-12/h2-6,8-9,11H,7,10H2,1H3,(H,18,19). The second-order valence-corrected chi connectivity index (χ2v) is 5.23. The molecule has 0 atom stereocenters. The van der Waals surface area contributed by atoms with E-state index in [0.717, 1.165) is 22.1 Å². The maximum Gasteiger partial charge on any atom is 0.224 e. The molecule has 0 radical (unpaired) electrons. The van der Waals surface area contributed by atoms with Crippen LogP contribution in [0.3, 0.4) is 0 Å². The van der Waals surface area contributed by atoms with Crippen molar-refractivity contribution in [2.75, 3.05) is 12.4 Å². The summed E-state index contributed by atoms with van der Waals surface area (Å²) >= 11 is 3.41. The molecule has 4 heteroatoms. The highest BCUT2D eigenvalue weighted by molar-refractivity contribution is 9.10. The monoisotopic (exact) mass is 333 g/mol. The lowest BCUT2D eigenvalue weighted by molar-refractivity contribution is -0.116. The van der Waals surface area contributed by atoms with Crippen molar-refractivity contribution in [2.45, 2.75) is 12.8 Å². The van der Waals surface area contributed by atoms with Gasteiger partial charge in [0.1, 0.15) is 5.75 Å². The molecule has 2 rings (SSSR count). The number of carbonyl (C=O) groups is 1. The van der Waals surface area contributed by atoms with Crippen LogP contribution in [0.4, 0.5) is 5.69 Å². The van der Waals surface area contributed by atoms with E-state index in [1.165, 1.54) is 0 Å². The van der Waals surface area contributed by atoms with Gasteiger partial charge in [-0.05, 0) is 40.0 Å². The van der Waals surface area contributed by atoms with Crippen molar-refractivity contribution in [3.05, 3.63) is 58.6 Å². The maximum atomic E-state index is 12.0. The van der Waals surface area contributed by atoms with Crippen LogP contribution in [0.25, 0.3) is 0 Å². The summed E-state index contributed by atoms with van der Waals surface area (Å²) < 4.78 is 5.99. The predicted molar refractivity (Wildman–Crippen MR) is 84.1 cm³/mol. The number of hydrogen-bond acceptors (Lipinski definition) is 2. The molecule has 0 heterocycles. The van der Waals surface area contributed by atoms with Gasteiger partial charge >= 0.3 is 0 Å². The van der Waals surface area contributed by atoms with Gasteiger partial charge in [0.05, 0.1) is 12.8 Å². The minimum atomic E-state index is -0.0113. The lowest BCUT2D eigenvalue weighted by atomic mass is 10.1. The SMILES string of the molecule is COc1ccc(Br)c(NC(=O)CCc2ccccc2)c1. The van der Waals surface area contributed by atoms with E-state index in [2.05, 4.69) is 21.2 Å². The number of methoxy groups -OCH3 is 1. The van der Waals surface area contributed by atoms with E-state index in [1.54, 1.807) is 13.2 Å². The molecule has 0 aliphatic heterocycles. The summed E-state index contributed by atoms with van der Waals surface area (Å²) in [6, 6.07) is 15.5. The van der Waals surface area contributed by atoms with Crippen molar-refractivity contribution >= 4 is 27.5 Å². The third-order valence-corrected chi connectivity index (χ3v) is 3.62. The normalized spacial score (nSPS) is 10.1. The Hall–Kier alpha value is -1.81. The molecule has 0 unspecified atom stereocenters. The molecular formula is C16H16BrNO2. The van der Waals surface area contributed by atoms with Crippen LogP contribution in [-0.2, 0) is 11.2 Å². The van der Waals surface area contributed by atoms with Gasteiger partial charge in [0.25, 0.3) is 0 Å². The highest BCUT2D eigenvalue weighted by Gasteiger charge is 2.07. The van der Waals surface area contributed by atoms with Crippen molar-refractivity contribution in [3.8, 4) is 5.75 Å². The number of carbonyl (C=O) groups excluding carboxylic acids is 1. The molecule has 3 nitrogen and oxygen atoms in total. The van der Waals surface area contributed by atoms with Crippen molar-refractivity contribution in [1.82, 2.24) is 0 Å². The first-order chi connectivity index (χ1) is 9.69. The Morgan fingerprint density at radius 1 is 1.20 bits per heavy atom. The van der Waals surface area contributed by atoms with Crippen molar-refractivity contribution < 1.29 is 9.53 Å². The summed E-state index contributed by atoms with van der Waals surface area (Å²) in [4.78, 5) is 12.0. The number of nitrogens with one attached hydrogen (secondary N) is 1. The average molecular weight is 334 g/mol. The van der Waals surface area contributed by atoms with E-state index in [0.29, 0.717) is 12.2 Å². The molecule has 0 aromatic heterocycles. The summed E-state index contributed by atoms with van der Waals surface area (Å²) in [5, 5.41) is 2.89. The number of halogens is 1. The molecule has 0 spiro atoms. The molecule has 0 aliphatic carbocycles. The Morgan fingerprint density at radius 3 is 2.65 bits per heavy atom. The van der Waals surface area contributed by atoms with Crippen molar-refractivity contribution in [3.63, 3.8) is 0 Å². The van der Waals surface area contributed by atoms with Crippen LogP contribution in [0.5, 0.6) is 5.75 Å². The zero-order chi connectivity index (χ0) is 14.4. The average Bonchev–Trinajstić information content (AvgIpc) is 2.48. The van der Waals surface area contributed by atoms with Crippen molar-refractivity contribution in [1.29, 1.82) is 0 Å². The van der Waals surface area contributed by atoms with Gasteiger partial charge in [-0.2, -0.15) is 0 Å². The molecule has 0 saturated carbocycles. The van der Waals surface area contributed by atoms with Crippen molar-refractivity contribution in [2.24, 2.45) is 0 Å². The lowest BCUT2D eigenvalue weighted by Gasteiger charge is -2.09. The van der Waals surface area contributed by atoms with E-state index < -0.39 is 0 Å². The van der Waals surface area contributed by atoms with Crippen LogP contribution in [0.1, 0.15) is 12.0 Å². The maximum absolute atomic E-state index is 12.0. The van der Waals surface area contributed by atoms with Gasteiger partial charge in [0.15, 0.2) is 0 Å². The molecule has 1 N–H and O–H groups in total. The highest BCUT2D eigenvalue weighted by atomic mass is 79.9. The number of aryl methyl sites for hydroxylation is 1. The third kappa shape index (κ3) is 4.10. The lowest BCUT2D eigenvalue weighted by Crippen LogP contribution is -2.12. The Kier molecular flexibility index (Phi) is 5.18. The van der Waals surface area contributed by atoms with E-state index >= 15 is 0 Å². The summed E-state index contributed by atoms with van der Waals surface area (Å²) in [6.45, 7) is 0. The second kappa shape index (κ2) is 7.10. The second-order valence-electron chi connectivity index (χ2n) is 4.38. The molecule has 1 amide bonds. The molecule has 104 valence electrons. The number of hydrogen-bond donors (Lipinski definition) is 1. The third-order valence-electron chi connectivity index (χ3n) is 2.93. The highest BCUT2D eigenvalue weighted by Crippen LogP contribution is 2.27. The zero-order valence-electron chi connectivity index (χ0n) is 11.2. The molecule has 0 aliphatic rings. The summed E-state index contributed by atoms with van der Waals surface area (Å²) in [5.41, 5.74) is 1.88. The van der Waals surface area contributed by atoms with Gasteiger partial charge in [0, 0.05) is 17.0 Å². The number of benzene rings is 2. The van der Waals surface area contributed by atoms with Crippen LogP contribution >= 0.6 is 15.9 Å². The fourth-order valence-electron chi connectivity index (χ4n) is 1.84. The predicted octanol–water partition coefficient (Wildman–Crippen LogP) is 4.03.